The van der Waals surface area contributed by atoms with E-state index in [1.807, 2.05) is 54.6 Å². The predicted octanol–water partition coefficient (Wildman–Crippen LogP) is 3.13. The van der Waals surface area contributed by atoms with Gasteiger partial charge in [-0.05, 0) is 30.5 Å². The molecule has 1 fully saturated rings. The molecule has 112 valence electrons. The number of nitrogens with zero attached hydrogens (tertiary/aromatic N) is 1. The standard InChI is InChI=1S/C18H18N2O2/c21-18(15-10-11-15)20-19-12-16-8-4-5-9-17(16)22-13-14-6-2-1-3-7-14/h1-9,12,15H,10-11,13H2,(H,20,21). The summed E-state index contributed by atoms with van der Waals surface area (Å²) >= 11 is 0. The van der Waals surface area contributed by atoms with E-state index in [-0.39, 0.29) is 11.8 Å². The third kappa shape index (κ3) is 3.95. The van der Waals surface area contributed by atoms with E-state index < -0.39 is 0 Å². The van der Waals surface area contributed by atoms with Gasteiger partial charge in [0.25, 0.3) is 0 Å². The van der Waals surface area contributed by atoms with Crippen LogP contribution in [-0.4, -0.2) is 12.1 Å². The number of nitrogens with one attached hydrogen (secondary N) is 1. The van der Waals surface area contributed by atoms with E-state index in [2.05, 4.69) is 10.5 Å². The Balaban J connectivity index is 1.61. The van der Waals surface area contributed by atoms with Crippen LogP contribution in [0.5, 0.6) is 5.75 Å². The average Bonchev–Trinajstić information content (AvgIpc) is 3.40. The summed E-state index contributed by atoms with van der Waals surface area (Å²) in [5, 5.41) is 4.01. The first-order chi connectivity index (χ1) is 10.8. The van der Waals surface area contributed by atoms with Gasteiger partial charge >= 0.3 is 0 Å². The molecule has 1 amide bonds. The maximum Gasteiger partial charge on any atom is 0.243 e. The Morgan fingerprint density at radius 3 is 2.64 bits per heavy atom. The van der Waals surface area contributed by atoms with Crippen molar-refractivity contribution < 1.29 is 9.53 Å². The van der Waals surface area contributed by atoms with Crippen molar-refractivity contribution >= 4 is 12.1 Å². The zero-order chi connectivity index (χ0) is 15.2. The molecule has 3 rings (SSSR count). The molecule has 0 spiro atoms. The van der Waals surface area contributed by atoms with Crippen molar-refractivity contribution in [3.8, 4) is 5.75 Å². The van der Waals surface area contributed by atoms with Crippen LogP contribution in [-0.2, 0) is 11.4 Å². The van der Waals surface area contributed by atoms with E-state index >= 15 is 0 Å². The lowest BCUT2D eigenvalue weighted by atomic mass is 10.2. The summed E-state index contributed by atoms with van der Waals surface area (Å²) in [5.41, 5.74) is 4.52. The highest BCUT2D eigenvalue weighted by Crippen LogP contribution is 2.28. The molecule has 2 aromatic carbocycles. The molecular formula is C18H18N2O2. The summed E-state index contributed by atoms with van der Waals surface area (Å²) < 4.78 is 5.84. The van der Waals surface area contributed by atoms with Crippen LogP contribution in [0.4, 0.5) is 0 Å². The normalized spacial score (nSPS) is 14.0. The number of rotatable bonds is 6. The predicted molar refractivity (Wildman–Crippen MR) is 85.7 cm³/mol. The molecule has 1 N–H and O–H groups in total. The SMILES string of the molecule is O=C(NN=Cc1ccccc1OCc1ccccc1)C1CC1. The van der Waals surface area contributed by atoms with Gasteiger partial charge in [-0.1, -0.05) is 42.5 Å². The summed E-state index contributed by atoms with van der Waals surface area (Å²) in [4.78, 5) is 11.5. The van der Waals surface area contributed by atoms with Crippen LogP contribution >= 0.6 is 0 Å². The van der Waals surface area contributed by atoms with E-state index in [0.29, 0.717) is 6.61 Å². The first-order valence-corrected chi connectivity index (χ1v) is 7.41. The van der Waals surface area contributed by atoms with Gasteiger partial charge < -0.3 is 4.74 Å². The minimum Gasteiger partial charge on any atom is -0.488 e. The third-order valence-corrected chi connectivity index (χ3v) is 3.48. The van der Waals surface area contributed by atoms with Crippen molar-refractivity contribution in [1.82, 2.24) is 5.43 Å². The fourth-order valence-corrected chi connectivity index (χ4v) is 2.06. The number of amides is 1. The second-order valence-electron chi connectivity index (χ2n) is 5.32. The van der Waals surface area contributed by atoms with Crippen LogP contribution in [0.2, 0.25) is 0 Å². The molecule has 0 aliphatic heterocycles. The van der Waals surface area contributed by atoms with Gasteiger partial charge in [0.15, 0.2) is 0 Å². The van der Waals surface area contributed by atoms with Crippen LogP contribution < -0.4 is 10.2 Å². The first-order valence-electron chi connectivity index (χ1n) is 7.41. The van der Waals surface area contributed by atoms with E-state index in [1.165, 1.54) is 0 Å². The highest BCUT2D eigenvalue weighted by Gasteiger charge is 2.29. The first kappa shape index (κ1) is 14.3. The average molecular weight is 294 g/mol. The summed E-state index contributed by atoms with van der Waals surface area (Å²) in [6, 6.07) is 17.6. The van der Waals surface area contributed by atoms with Gasteiger partial charge in [0.1, 0.15) is 12.4 Å². The molecule has 2 aromatic rings. The zero-order valence-corrected chi connectivity index (χ0v) is 12.2. The highest BCUT2D eigenvalue weighted by molar-refractivity contribution is 5.86. The number of para-hydroxylation sites is 1. The highest BCUT2D eigenvalue weighted by atomic mass is 16.5. The Hall–Kier alpha value is -2.62. The monoisotopic (exact) mass is 294 g/mol. The van der Waals surface area contributed by atoms with E-state index in [1.54, 1.807) is 6.21 Å². The van der Waals surface area contributed by atoms with Crippen molar-refractivity contribution in [3.05, 3.63) is 65.7 Å². The van der Waals surface area contributed by atoms with Crippen LogP contribution in [0.3, 0.4) is 0 Å². The van der Waals surface area contributed by atoms with Crippen LogP contribution in [0.15, 0.2) is 59.7 Å². The second kappa shape index (κ2) is 6.89. The lowest BCUT2D eigenvalue weighted by Crippen LogP contribution is -2.19. The topological polar surface area (TPSA) is 50.7 Å². The van der Waals surface area contributed by atoms with Gasteiger partial charge in [-0.2, -0.15) is 5.10 Å². The Labute approximate surface area is 129 Å². The maximum absolute atomic E-state index is 11.5. The molecule has 0 aromatic heterocycles. The molecule has 4 heteroatoms. The minimum absolute atomic E-state index is 0.000986. The van der Waals surface area contributed by atoms with Crippen LogP contribution in [0, 0.1) is 5.92 Å². The number of ether oxygens (including phenoxy) is 1. The van der Waals surface area contributed by atoms with Gasteiger partial charge in [0.2, 0.25) is 5.91 Å². The zero-order valence-electron chi connectivity index (χ0n) is 12.2. The molecule has 22 heavy (non-hydrogen) atoms. The Bertz CT molecular complexity index is 664. The molecule has 1 aliphatic carbocycles. The molecule has 0 bridgehead atoms. The Morgan fingerprint density at radius 2 is 1.86 bits per heavy atom. The van der Waals surface area contributed by atoms with E-state index in [4.69, 9.17) is 4.74 Å². The van der Waals surface area contributed by atoms with Crippen LogP contribution in [0.1, 0.15) is 24.0 Å². The van der Waals surface area contributed by atoms with Gasteiger partial charge in [-0.25, -0.2) is 5.43 Å². The summed E-state index contributed by atoms with van der Waals surface area (Å²) in [5.74, 6) is 0.899. The molecule has 1 aliphatic rings. The van der Waals surface area contributed by atoms with Crippen molar-refractivity contribution in [3.63, 3.8) is 0 Å². The van der Waals surface area contributed by atoms with E-state index in [9.17, 15) is 4.79 Å². The lowest BCUT2D eigenvalue weighted by Gasteiger charge is -2.08. The molecular weight excluding hydrogens is 276 g/mol. The summed E-state index contributed by atoms with van der Waals surface area (Å²) in [7, 11) is 0. The number of hydrogen-bond acceptors (Lipinski definition) is 3. The number of carbonyl (C=O) groups excluding carboxylic acids is 1. The van der Waals surface area contributed by atoms with E-state index in [0.717, 1.165) is 29.7 Å². The summed E-state index contributed by atoms with van der Waals surface area (Å²) in [6.45, 7) is 0.500. The fraction of sp³-hybridized carbons (Fsp3) is 0.222. The Kier molecular flexibility index (Phi) is 4.49. The number of hydrazone groups is 1. The summed E-state index contributed by atoms with van der Waals surface area (Å²) in [6.07, 6.45) is 3.57. The molecule has 0 unspecified atom stereocenters. The smallest absolute Gasteiger partial charge is 0.243 e. The third-order valence-electron chi connectivity index (χ3n) is 3.48. The molecule has 0 radical (unpaired) electrons. The molecule has 1 saturated carbocycles. The molecule has 4 nitrogen and oxygen atoms in total. The van der Waals surface area contributed by atoms with Gasteiger partial charge in [0, 0.05) is 11.5 Å². The molecule has 0 atom stereocenters. The second-order valence-corrected chi connectivity index (χ2v) is 5.32. The number of benzene rings is 2. The largest absolute Gasteiger partial charge is 0.488 e. The molecule has 0 heterocycles. The van der Waals surface area contributed by atoms with Crippen molar-refractivity contribution in [1.29, 1.82) is 0 Å². The van der Waals surface area contributed by atoms with Crippen molar-refractivity contribution in [2.45, 2.75) is 19.4 Å². The van der Waals surface area contributed by atoms with Crippen molar-refractivity contribution in [2.24, 2.45) is 11.0 Å². The van der Waals surface area contributed by atoms with Gasteiger partial charge in [0.05, 0.1) is 6.21 Å². The number of hydrogen-bond donors (Lipinski definition) is 1. The number of carbonyl (C=O) groups is 1. The molecule has 0 saturated heterocycles. The Morgan fingerprint density at radius 1 is 1.14 bits per heavy atom. The van der Waals surface area contributed by atoms with Gasteiger partial charge in [-0.15, -0.1) is 0 Å². The van der Waals surface area contributed by atoms with Crippen LogP contribution in [0.25, 0.3) is 0 Å². The lowest BCUT2D eigenvalue weighted by molar-refractivity contribution is -0.122. The van der Waals surface area contributed by atoms with Crippen molar-refractivity contribution in [2.75, 3.05) is 0 Å². The maximum atomic E-state index is 11.5. The quantitative estimate of drug-likeness (QED) is 0.657. The fourth-order valence-electron chi connectivity index (χ4n) is 2.06. The van der Waals surface area contributed by atoms with Gasteiger partial charge in [-0.3, -0.25) is 4.79 Å². The minimum atomic E-state index is -0.000986.